The molecule has 0 fully saturated rings. The van der Waals surface area contributed by atoms with Gasteiger partial charge in [-0.1, -0.05) is 147 Å². The van der Waals surface area contributed by atoms with E-state index < -0.39 is 0 Å². The fourth-order valence-electron chi connectivity index (χ4n) is 8.07. The van der Waals surface area contributed by atoms with Crippen LogP contribution in [0.2, 0.25) is 0 Å². The van der Waals surface area contributed by atoms with Crippen molar-refractivity contribution in [2.45, 2.75) is 19.3 Å². The van der Waals surface area contributed by atoms with Gasteiger partial charge in [0.1, 0.15) is 0 Å². The molecule has 2 heterocycles. The Labute approximate surface area is 296 Å². The summed E-state index contributed by atoms with van der Waals surface area (Å²) >= 11 is 0. The van der Waals surface area contributed by atoms with Crippen LogP contribution in [0.15, 0.2) is 158 Å². The maximum Gasteiger partial charge on any atom is 0.164 e. The number of pyridine rings is 1. The van der Waals surface area contributed by atoms with Crippen LogP contribution in [0.5, 0.6) is 0 Å². The average molecular weight is 653 g/mol. The number of fused-ring (bicyclic) bond motifs is 10. The van der Waals surface area contributed by atoms with Crippen molar-refractivity contribution in [2.75, 3.05) is 0 Å². The van der Waals surface area contributed by atoms with Crippen LogP contribution in [0.4, 0.5) is 0 Å². The Morgan fingerprint density at radius 2 is 0.980 bits per heavy atom. The van der Waals surface area contributed by atoms with Crippen LogP contribution in [0, 0.1) is 0 Å². The first-order valence-electron chi connectivity index (χ1n) is 17.4. The van der Waals surface area contributed by atoms with E-state index in [0.717, 1.165) is 27.8 Å². The number of benzene rings is 7. The topological polar surface area (TPSA) is 51.6 Å². The number of hydrogen-bond acceptors (Lipinski definition) is 4. The third-order valence-corrected chi connectivity index (χ3v) is 10.6. The highest BCUT2D eigenvalue weighted by molar-refractivity contribution is 6.29. The highest BCUT2D eigenvalue weighted by atomic mass is 15.0. The molecule has 1 aliphatic carbocycles. The molecule has 0 spiro atoms. The molecule has 7 aromatic carbocycles. The Balaban J connectivity index is 1.18. The lowest BCUT2D eigenvalue weighted by Gasteiger charge is -2.22. The van der Waals surface area contributed by atoms with Gasteiger partial charge in [0.15, 0.2) is 17.5 Å². The Hall–Kier alpha value is -6.52. The summed E-state index contributed by atoms with van der Waals surface area (Å²) in [5.74, 6) is 1.93. The molecule has 9 aromatic rings. The van der Waals surface area contributed by atoms with E-state index in [4.69, 9.17) is 15.0 Å². The normalized spacial score (nSPS) is 13.1. The highest BCUT2D eigenvalue weighted by Crippen LogP contribution is 2.53. The lowest BCUT2D eigenvalue weighted by molar-refractivity contribution is 0.661. The number of nitrogens with zero attached hydrogens (tertiary/aromatic N) is 4. The largest absolute Gasteiger partial charge is 0.264 e. The van der Waals surface area contributed by atoms with Gasteiger partial charge in [0.2, 0.25) is 0 Å². The zero-order chi connectivity index (χ0) is 34.1. The molecule has 0 bridgehead atoms. The van der Waals surface area contributed by atoms with E-state index in [1.165, 1.54) is 54.6 Å². The second kappa shape index (κ2) is 11.3. The fraction of sp³-hybridized carbons (Fsp3) is 0.0638. The minimum atomic E-state index is -0.0635. The molecule has 0 atom stereocenters. The third kappa shape index (κ3) is 4.60. The van der Waals surface area contributed by atoms with Crippen molar-refractivity contribution >= 4 is 32.3 Å². The molecule has 0 aliphatic heterocycles. The molecule has 0 radical (unpaired) electrons. The van der Waals surface area contributed by atoms with Crippen molar-refractivity contribution in [3.8, 4) is 56.4 Å². The second-order valence-corrected chi connectivity index (χ2v) is 13.9. The van der Waals surface area contributed by atoms with Crippen LogP contribution in [0.25, 0.3) is 88.7 Å². The number of aromatic nitrogens is 4. The first kappa shape index (κ1) is 29.4. The van der Waals surface area contributed by atoms with Gasteiger partial charge in [-0.25, -0.2) is 15.0 Å². The predicted molar refractivity (Wildman–Crippen MR) is 209 cm³/mol. The summed E-state index contributed by atoms with van der Waals surface area (Å²) in [6.45, 7) is 4.70. The van der Waals surface area contributed by atoms with Crippen molar-refractivity contribution < 1.29 is 0 Å². The summed E-state index contributed by atoms with van der Waals surface area (Å²) in [5.41, 5.74) is 10.4. The molecule has 1 aliphatic rings. The molecule has 4 nitrogen and oxygen atoms in total. The zero-order valence-corrected chi connectivity index (χ0v) is 28.3. The standard InChI is InChI=1S/C47H32N4/c1-47(2)40-17-9-8-16-38(40)43-41(47)25-24-37-35-23-22-32(27-39(35)34-14-6-7-15-36(34)42(37)43)46-50-44(30-11-4-3-5-12-30)49-45(51-46)31-20-18-29(19-21-31)33-13-10-26-48-28-33/h3-28H,1-2H3. The van der Waals surface area contributed by atoms with E-state index in [0.29, 0.717) is 17.5 Å². The van der Waals surface area contributed by atoms with Crippen molar-refractivity contribution in [2.24, 2.45) is 0 Å². The number of rotatable bonds is 4. The maximum absolute atomic E-state index is 5.10. The first-order chi connectivity index (χ1) is 25.0. The molecular formula is C47H32N4. The molecule has 51 heavy (non-hydrogen) atoms. The van der Waals surface area contributed by atoms with Crippen LogP contribution in [0.3, 0.4) is 0 Å². The molecule has 0 N–H and O–H groups in total. The Bertz CT molecular complexity index is 2790. The molecule has 0 amide bonds. The van der Waals surface area contributed by atoms with E-state index in [1.54, 1.807) is 6.20 Å². The summed E-state index contributed by atoms with van der Waals surface area (Å²) in [6, 6.07) is 51.6. The number of hydrogen-bond donors (Lipinski definition) is 0. The Kier molecular flexibility index (Phi) is 6.49. The second-order valence-electron chi connectivity index (χ2n) is 13.9. The van der Waals surface area contributed by atoms with Gasteiger partial charge in [-0.2, -0.15) is 0 Å². The summed E-state index contributed by atoms with van der Waals surface area (Å²) in [5, 5.41) is 7.48. The summed E-state index contributed by atoms with van der Waals surface area (Å²) in [6.07, 6.45) is 3.67. The molecule has 0 unspecified atom stereocenters. The maximum atomic E-state index is 5.10. The van der Waals surface area contributed by atoms with Crippen molar-refractivity contribution in [1.82, 2.24) is 19.9 Å². The SMILES string of the molecule is CC1(C)c2ccccc2-c2c1ccc1c3ccc(-c4nc(-c5ccccc5)nc(-c5ccc(-c6cccnc6)cc5)n4)cc3c3ccccc3c21. The van der Waals surface area contributed by atoms with Crippen LogP contribution in [-0.4, -0.2) is 19.9 Å². The van der Waals surface area contributed by atoms with Gasteiger partial charge in [0, 0.05) is 34.5 Å². The quantitative estimate of drug-likeness (QED) is 0.178. The zero-order valence-electron chi connectivity index (χ0n) is 28.3. The van der Waals surface area contributed by atoms with E-state index in [1.807, 2.05) is 42.6 Å². The molecule has 0 saturated carbocycles. The minimum Gasteiger partial charge on any atom is -0.264 e. The smallest absolute Gasteiger partial charge is 0.164 e. The first-order valence-corrected chi connectivity index (χ1v) is 17.4. The molecule has 240 valence electrons. The summed E-state index contributed by atoms with van der Waals surface area (Å²) in [7, 11) is 0. The van der Waals surface area contributed by atoms with E-state index in [-0.39, 0.29) is 5.41 Å². The van der Waals surface area contributed by atoms with Gasteiger partial charge in [0.05, 0.1) is 0 Å². The predicted octanol–water partition coefficient (Wildman–Crippen LogP) is 11.7. The van der Waals surface area contributed by atoms with Crippen molar-refractivity contribution in [1.29, 1.82) is 0 Å². The average Bonchev–Trinajstić information content (AvgIpc) is 3.44. The van der Waals surface area contributed by atoms with Gasteiger partial charge in [-0.15, -0.1) is 0 Å². The molecule has 0 saturated heterocycles. The highest BCUT2D eigenvalue weighted by Gasteiger charge is 2.36. The van der Waals surface area contributed by atoms with Gasteiger partial charge >= 0.3 is 0 Å². The van der Waals surface area contributed by atoms with Crippen LogP contribution < -0.4 is 0 Å². The van der Waals surface area contributed by atoms with Crippen LogP contribution >= 0.6 is 0 Å². The summed E-state index contributed by atoms with van der Waals surface area (Å²) in [4.78, 5) is 19.4. The van der Waals surface area contributed by atoms with Gasteiger partial charge in [0.25, 0.3) is 0 Å². The van der Waals surface area contributed by atoms with E-state index in [2.05, 4.69) is 128 Å². The fourth-order valence-corrected chi connectivity index (χ4v) is 8.07. The monoisotopic (exact) mass is 652 g/mol. The van der Waals surface area contributed by atoms with E-state index in [9.17, 15) is 0 Å². The molecule has 4 heteroatoms. The third-order valence-electron chi connectivity index (χ3n) is 10.6. The summed E-state index contributed by atoms with van der Waals surface area (Å²) < 4.78 is 0. The Morgan fingerprint density at radius 1 is 0.412 bits per heavy atom. The molecule has 10 rings (SSSR count). The van der Waals surface area contributed by atoms with E-state index >= 15 is 0 Å². The van der Waals surface area contributed by atoms with Crippen LogP contribution in [0.1, 0.15) is 25.0 Å². The van der Waals surface area contributed by atoms with Crippen LogP contribution in [-0.2, 0) is 5.41 Å². The lowest BCUT2D eigenvalue weighted by atomic mass is 9.81. The van der Waals surface area contributed by atoms with Gasteiger partial charge in [-0.3, -0.25) is 4.98 Å². The molecule has 2 aromatic heterocycles. The lowest BCUT2D eigenvalue weighted by Crippen LogP contribution is -2.14. The van der Waals surface area contributed by atoms with Crippen molar-refractivity contribution in [3.63, 3.8) is 0 Å². The van der Waals surface area contributed by atoms with Gasteiger partial charge < -0.3 is 0 Å². The minimum absolute atomic E-state index is 0.0635. The Morgan fingerprint density at radius 3 is 1.75 bits per heavy atom. The van der Waals surface area contributed by atoms with Crippen molar-refractivity contribution in [3.05, 3.63) is 169 Å². The molecular weight excluding hydrogens is 621 g/mol. The van der Waals surface area contributed by atoms with Gasteiger partial charge in [-0.05, 0) is 77.8 Å².